The number of hydrogen-bond donors (Lipinski definition) is 2. The Labute approximate surface area is 204 Å². The van der Waals surface area contributed by atoms with Gasteiger partial charge < -0.3 is 15.4 Å². The van der Waals surface area contributed by atoms with Gasteiger partial charge in [-0.1, -0.05) is 0 Å². The van der Waals surface area contributed by atoms with Crippen LogP contribution < -0.4 is 15.4 Å². The van der Waals surface area contributed by atoms with Crippen molar-refractivity contribution in [2.45, 2.75) is 25.5 Å². The summed E-state index contributed by atoms with van der Waals surface area (Å²) in [6.45, 7) is -0.865. The molecule has 2 heterocycles. The number of aromatic nitrogens is 2. The summed E-state index contributed by atoms with van der Waals surface area (Å²) < 4.78 is 76.7. The van der Waals surface area contributed by atoms with Crippen molar-refractivity contribution < 1.29 is 31.3 Å². The van der Waals surface area contributed by atoms with Crippen LogP contribution in [0.4, 0.5) is 34.8 Å². The van der Waals surface area contributed by atoms with Gasteiger partial charge in [0.1, 0.15) is 42.9 Å². The molecule has 4 rings (SSSR count). The number of alkyl halides is 2. The van der Waals surface area contributed by atoms with Crippen LogP contribution >= 0.6 is 0 Å². The van der Waals surface area contributed by atoms with Crippen LogP contribution in [0.15, 0.2) is 41.0 Å². The van der Waals surface area contributed by atoms with E-state index in [4.69, 9.17) is 4.74 Å². The molecule has 1 atom stereocenters. The molecule has 1 aliphatic rings. The lowest BCUT2D eigenvalue weighted by molar-refractivity contribution is -0.128. The van der Waals surface area contributed by atoms with Crippen molar-refractivity contribution in [1.82, 2.24) is 15.3 Å². The molecule has 1 fully saturated rings. The molecular formula is C23H23F4N5O3S. The third-order valence-corrected chi connectivity index (χ3v) is 7.86. The molecule has 3 aromatic rings. The topological polar surface area (TPSA) is 106 Å². The minimum atomic E-state index is -2.35. The highest BCUT2D eigenvalue weighted by Crippen LogP contribution is 2.34. The van der Waals surface area contributed by atoms with Gasteiger partial charge in [-0.15, -0.1) is 0 Å². The van der Waals surface area contributed by atoms with E-state index >= 15 is 4.39 Å². The largest absolute Gasteiger partial charge is 0.479 e. The second kappa shape index (κ2) is 10.6. The van der Waals surface area contributed by atoms with Crippen LogP contribution in [-0.4, -0.2) is 57.1 Å². The molecule has 0 aliphatic carbocycles. The van der Waals surface area contributed by atoms with E-state index in [-0.39, 0.29) is 33.8 Å². The molecule has 13 heteroatoms. The van der Waals surface area contributed by atoms with Crippen molar-refractivity contribution in [3.8, 4) is 5.75 Å². The lowest BCUT2D eigenvalue weighted by atomic mass is 10.2. The van der Waals surface area contributed by atoms with Gasteiger partial charge in [-0.3, -0.25) is 4.79 Å². The summed E-state index contributed by atoms with van der Waals surface area (Å²) >= 11 is 0. The summed E-state index contributed by atoms with van der Waals surface area (Å²) in [7, 11) is -2.35. The molecule has 36 heavy (non-hydrogen) atoms. The summed E-state index contributed by atoms with van der Waals surface area (Å²) in [5.74, 6) is -1.34. The average molecular weight is 526 g/mol. The second-order valence-electron chi connectivity index (χ2n) is 8.21. The van der Waals surface area contributed by atoms with Gasteiger partial charge in [0.05, 0.1) is 38.0 Å². The van der Waals surface area contributed by atoms with Crippen molar-refractivity contribution in [3.05, 3.63) is 48.3 Å². The lowest BCUT2D eigenvalue weighted by Gasteiger charge is -2.20. The predicted molar refractivity (Wildman–Crippen MR) is 128 cm³/mol. The summed E-state index contributed by atoms with van der Waals surface area (Å²) in [6.07, 6.45) is 0.763. The molecule has 192 valence electrons. The number of fused-ring (bicyclic) bond motifs is 1. The number of nitrogens with one attached hydrogen (secondary N) is 2. The van der Waals surface area contributed by atoms with Gasteiger partial charge in [0.2, 0.25) is 0 Å². The highest BCUT2D eigenvalue weighted by Gasteiger charge is 2.22. The van der Waals surface area contributed by atoms with E-state index in [1.165, 1.54) is 25.4 Å². The van der Waals surface area contributed by atoms with Crippen molar-refractivity contribution >= 4 is 43.7 Å². The molecule has 1 amide bonds. The first-order valence-electron chi connectivity index (χ1n) is 11.0. The number of benzene rings is 2. The van der Waals surface area contributed by atoms with Crippen LogP contribution in [0, 0.1) is 11.6 Å². The normalized spacial score (nSPS) is 15.3. The van der Waals surface area contributed by atoms with Gasteiger partial charge in [0, 0.05) is 23.6 Å². The number of anilines is 2. The van der Waals surface area contributed by atoms with E-state index in [0.29, 0.717) is 11.5 Å². The van der Waals surface area contributed by atoms with E-state index in [9.17, 15) is 22.2 Å². The van der Waals surface area contributed by atoms with Gasteiger partial charge >= 0.3 is 0 Å². The minimum absolute atomic E-state index is 0.00908. The lowest BCUT2D eigenvalue weighted by Crippen LogP contribution is -2.44. The SMILES string of the molecule is C[C@@H](Oc1cc(F)ccc1Nc1ncnc2cc(N=S3(=O)CCC3)cc(F)c12)C(=O)NC(CF)CF. The zero-order valence-electron chi connectivity index (χ0n) is 19.1. The number of nitrogens with zero attached hydrogens (tertiary/aromatic N) is 3. The highest BCUT2D eigenvalue weighted by molar-refractivity contribution is 7.95. The molecule has 0 spiro atoms. The first-order chi connectivity index (χ1) is 17.2. The van der Waals surface area contributed by atoms with Crippen molar-refractivity contribution in [3.63, 3.8) is 0 Å². The first-order valence-corrected chi connectivity index (χ1v) is 12.9. The zero-order chi connectivity index (χ0) is 25.9. The number of carbonyl (C=O) groups is 1. The van der Waals surface area contributed by atoms with Crippen LogP contribution in [0.3, 0.4) is 0 Å². The Bertz CT molecular complexity index is 1400. The fourth-order valence-electron chi connectivity index (χ4n) is 3.46. The molecule has 8 nitrogen and oxygen atoms in total. The third kappa shape index (κ3) is 5.66. The van der Waals surface area contributed by atoms with E-state index in [1.807, 2.05) is 0 Å². The monoisotopic (exact) mass is 525 g/mol. The maximum absolute atomic E-state index is 15.1. The Morgan fingerprint density at radius 3 is 2.58 bits per heavy atom. The van der Waals surface area contributed by atoms with Gasteiger partial charge in [-0.2, -0.15) is 4.36 Å². The Kier molecular flexibility index (Phi) is 7.57. The maximum Gasteiger partial charge on any atom is 0.261 e. The molecule has 0 radical (unpaired) electrons. The van der Waals surface area contributed by atoms with Crippen molar-refractivity contribution in [1.29, 1.82) is 0 Å². The Morgan fingerprint density at radius 2 is 1.92 bits per heavy atom. The van der Waals surface area contributed by atoms with E-state index in [1.54, 1.807) is 0 Å². The van der Waals surface area contributed by atoms with Crippen LogP contribution in [0.5, 0.6) is 5.75 Å². The van der Waals surface area contributed by atoms with Gasteiger partial charge in [-0.25, -0.2) is 31.7 Å². The minimum Gasteiger partial charge on any atom is -0.479 e. The fraction of sp³-hybridized carbons (Fsp3) is 0.348. The number of halogens is 4. The molecule has 2 N–H and O–H groups in total. The van der Waals surface area contributed by atoms with Crippen LogP contribution in [0.2, 0.25) is 0 Å². The van der Waals surface area contributed by atoms with Crippen LogP contribution in [0.1, 0.15) is 13.3 Å². The molecule has 0 unspecified atom stereocenters. The second-order valence-corrected chi connectivity index (χ2v) is 10.8. The van der Waals surface area contributed by atoms with Crippen molar-refractivity contribution in [2.24, 2.45) is 4.36 Å². The quantitative estimate of drug-likeness (QED) is 0.403. The number of hydrogen-bond acceptors (Lipinski definition) is 7. The number of carbonyl (C=O) groups excluding carboxylic acids is 1. The van der Waals surface area contributed by atoms with E-state index in [2.05, 4.69) is 25.0 Å². The van der Waals surface area contributed by atoms with E-state index < -0.39 is 52.8 Å². The van der Waals surface area contributed by atoms with Gasteiger partial charge in [-0.05, 0) is 31.5 Å². The van der Waals surface area contributed by atoms with Gasteiger partial charge in [0.25, 0.3) is 5.91 Å². The molecule has 2 aromatic carbocycles. The Hall–Kier alpha value is -3.48. The molecule has 1 saturated heterocycles. The maximum atomic E-state index is 15.1. The smallest absolute Gasteiger partial charge is 0.261 e. The van der Waals surface area contributed by atoms with Crippen molar-refractivity contribution in [2.75, 3.05) is 30.2 Å². The molecule has 1 aliphatic heterocycles. The number of amides is 1. The average Bonchev–Trinajstić information content (AvgIpc) is 2.82. The summed E-state index contributed by atoms with van der Waals surface area (Å²) in [5.41, 5.74) is 0.559. The number of rotatable bonds is 9. The highest BCUT2D eigenvalue weighted by atomic mass is 32.2. The Balaban J connectivity index is 1.63. The van der Waals surface area contributed by atoms with E-state index in [0.717, 1.165) is 24.6 Å². The molecule has 0 saturated carbocycles. The van der Waals surface area contributed by atoms with Crippen LogP contribution in [-0.2, 0) is 14.5 Å². The Morgan fingerprint density at radius 1 is 1.17 bits per heavy atom. The first kappa shape index (κ1) is 25.6. The molecule has 1 aromatic heterocycles. The molecular weight excluding hydrogens is 502 g/mol. The number of ether oxygens (including phenoxy) is 1. The fourth-order valence-corrected chi connectivity index (χ4v) is 4.91. The summed E-state index contributed by atoms with van der Waals surface area (Å²) in [4.78, 5) is 20.4. The standard InChI is InChI=1S/C23H23F4N5O3S/c1-13(23(33)30-16(10-24)11-25)35-20-7-14(26)3-4-18(20)31-22-21-17(27)8-15(9-19(21)28-12-29-22)32-36(34)5-2-6-36/h3-4,7-9,12-13,16H,2,5-6,10-11H2,1H3,(H,30,33)(H,28,29,31)/t13-/m1/s1. The third-order valence-electron chi connectivity index (χ3n) is 5.46. The summed E-state index contributed by atoms with van der Waals surface area (Å²) in [6, 6.07) is 4.74. The zero-order valence-corrected chi connectivity index (χ0v) is 20.0. The predicted octanol–water partition coefficient (Wildman–Crippen LogP) is 4.35. The molecule has 0 bridgehead atoms. The van der Waals surface area contributed by atoms with Crippen LogP contribution in [0.25, 0.3) is 10.9 Å². The summed E-state index contributed by atoms with van der Waals surface area (Å²) in [5, 5.41) is 5.02. The van der Waals surface area contributed by atoms with Gasteiger partial charge in [0.15, 0.2) is 6.10 Å².